The Morgan fingerprint density at radius 3 is 2.68 bits per heavy atom. The van der Waals surface area contributed by atoms with Gasteiger partial charge in [0.1, 0.15) is 17.4 Å². The van der Waals surface area contributed by atoms with E-state index in [1.54, 1.807) is 7.11 Å². The summed E-state index contributed by atoms with van der Waals surface area (Å²) >= 11 is 0. The SMILES string of the molecule is COc1ccc(Cc2nc(N)nc(C3CCNCC3CO)n2)cc1.Cl. The zero-order chi connectivity index (χ0) is 16.9. The number of piperidine rings is 1. The second-order valence-electron chi connectivity index (χ2n) is 6.03. The van der Waals surface area contributed by atoms with E-state index in [4.69, 9.17) is 10.5 Å². The zero-order valence-corrected chi connectivity index (χ0v) is 15.0. The first-order chi connectivity index (χ1) is 11.7. The Morgan fingerprint density at radius 1 is 1.24 bits per heavy atom. The molecule has 0 aliphatic carbocycles. The predicted octanol–water partition coefficient (Wildman–Crippen LogP) is 1.16. The van der Waals surface area contributed by atoms with Gasteiger partial charge in [0.15, 0.2) is 0 Å². The summed E-state index contributed by atoms with van der Waals surface area (Å²) in [7, 11) is 1.64. The number of nitrogen functional groups attached to an aromatic ring is 1. The molecule has 0 amide bonds. The van der Waals surface area contributed by atoms with Crippen LogP contribution in [0, 0.1) is 5.92 Å². The Labute approximate surface area is 153 Å². The Balaban J connectivity index is 0.00000225. The maximum absolute atomic E-state index is 9.59. The highest BCUT2D eigenvalue weighted by atomic mass is 35.5. The van der Waals surface area contributed by atoms with Crippen molar-refractivity contribution in [1.29, 1.82) is 0 Å². The normalized spacial score (nSPS) is 19.9. The molecule has 4 N–H and O–H groups in total. The molecule has 8 heteroatoms. The monoisotopic (exact) mass is 365 g/mol. The third-order valence-electron chi connectivity index (χ3n) is 4.41. The van der Waals surface area contributed by atoms with E-state index in [1.165, 1.54) is 0 Å². The van der Waals surface area contributed by atoms with Gasteiger partial charge in [-0.3, -0.25) is 0 Å². The maximum atomic E-state index is 9.59. The van der Waals surface area contributed by atoms with Gasteiger partial charge in [-0.1, -0.05) is 12.1 Å². The second-order valence-corrected chi connectivity index (χ2v) is 6.03. The van der Waals surface area contributed by atoms with Crippen molar-refractivity contribution >= 4 is 18.4 Å². The summed E-state index contributed by atoms with van der Waals surface area (Å²) in [5, 5.41) is 12.9. The van der Waals surface area contributed by atoms with Gasteiger partial charge in [0, 0.05) is 31.4 Å². The van der Waals surface area contributed by atoms with Crippen LogP contribution in [0.3, 0.4) is 0 Å². The third-order valence-corrected chi connectivity index (χ3v) is 4.41. The lowest BCUT2D eigenvalue weighted by Crippen LogP contribution is -2.38. The van der Waals surface area contributed by atoms with Gasteiger partial charge in [-0.25, -0.2) is 4.98 Å². The average molecular weight is 366 g/mol. The average Bonchev–Trinajstić information content (AvgIpc) is 2.62. The van der Waals surface area contributed by atoms with Gasteiger partial charge in [0.05, 0.1) is 7.11 Å². The minimum absolute atomic E-state index is 0. The number of hydrogen-bond acceptors (Lipinski definition) is 7. The number of anilines is 1. The van der Waals surface area contributed by atoms with Gasteiger partial charge < -0.3 is 20.9 Å². The van der Waals surface area contributed by atoms with Crippen LogP contribution >= 0.6 is 12.4 Å². The van der Waals surface area contributed by atoms with Gasteiger partial charge in [-0.05, 0) is 30.7 Å². The van der Waals surface area contributed by atoms with Crippen molar-refractivity contribution in [2.45, 2.75) is 18.8 Å². The number of aliphatic hydroxyl groups excluding tert-OH is 1. The topological polar surface area (TPSA) is 106 Å². The van der Waals surface area contributed by atoms with Gasteiger partial charge in [0.2, 0.25) is 5.95 Å². The fraction of sp³-hybridized carbons (Fsp3) is 0.471. The van der Waals surface area contributed by atoms with Crippen molar-refractivity contribution in [1.82, 2.24) is 20.3 Å². The Bertz CT molecular complexity index is 683. The van der Waals surface area contributed by atoms with Gasteiger partial charge in [-0.15, -0.1) is 12.4 Å². The molecular formula is C17H24ClN5O2. The highest BCUT2D eigenvalue weighted by molar-refractivity contribution is 5.85. The van der Waals surface area contributed by atoms with E-state index < -0.39 is 0 Å². The molecule has 1 aliphatic heterocycles. The summed E-state index contributed by atoms with van der Waals surface area (Å²) in [6, 6.07) is 7.80. The highest BCUT2D eigenvalue weighted by Gasteiger charge is 2.28. The quantitative estimate of drug-likeness (QED) is 0.729. The number of halogens is 1. The lowest BCUT2D eigenvalue weighted by molar-refractivity contribution is 0.175. The van der Waals surface area contributed by atoms with Crippen molar-refractivity contribution in [3.05, 3.63) is 41.5 Å². The predicted molar refractivity (Wildman–Crippen MR) is 98.1 cm³/mol. The molecule has 1 fully saturated rings. The standard InChI is InChI=1S/C17H23N5O2.ClH/c1-24-13-4-2-11(3-5-13)8-15-20-16(22-17(18)21-15)14-6-7-19-9-12(14)10-23;/h2-5,12,14,19,23H,6-10H2,1H3,(H2,18,20,21,22);1H. The highest BCUT2D eigenvalue weighted by Crippen LogP contribution is 2.28. The number of benzene rings is 1. The van der Waals surface area contributed by atoms with E-state index in [9.17, 15) is 5.11 Å². The van der Waals surface area contributed by atoms with Crippen LogP contribution in [-0.2, 0) is 6.42 Å². The van der Waals surface area contributed by atoms with Crippen molar-refractivity contribution in [3.8, 4) is 5.75 Å². The first-order valence-corrected chi connectivity index (χ1v) is 8.14. The number of ether oxygens (including phenoxy) is 1. The van der Waals surface area contributed by atoms with Crippen LogP contribution < -0.4 is 15.8 Å². The molecule has 136 valence electrons. The lowest BCUT2D eigenvalue weighted by Gasteiger charge is -2.29. The fourth-order valence-corrected chi connectivity index (χ4v) is 3.08. The molecule has 1 aromatic carbocycles. The minimum Gasteiger partial charge on any atom is -0.497 e. The van der Waals surface area contributed by atoms with E-state index in [-0.39, 0.29) is 36.8 Å². The van der Waals surface area contributed by atoms with Crippen molar-refractivity contribution in [2.24, 2.45) is 5.92 Å². The van der Waals surface area contributed by atoms with Crippen LogP contribution in [0.1, 0.15) is 29.6 Å². The lowest BCUT2D eigenvalue weighted by atomic mass is 9.86. The zero-order valence-electron chi connectivity index (χ0n) is 14.2. The maximum Gasteiger partial charge on any atom is 0.223 e. The van der Waals surface area contributed by atoms with Crippen LogP contribution in [0.15, 0.2) is 24.3 Å². The molecule has 2 atom stereocenters. The summed E-state index contributed by atoms with van der Waals surface area (Å²) in [6.45, 7) is 1.76. The Kier molecular flexibility index (Phi) is 6.92. The number of nitrogens with zero attached hydrogens (tertiary/aromatic N) is 3. The summed E-state index contributed by atoms with van der Waals surface area (Å²) in [5.41, 5.74) is 6.97. The molecular weight excluding hydrogens is 342 g/mol. The molecule has 1 aromatic heterocycles. The summed E-state index contributed by atoms with van der Waals surface area (Å²) in [4.78, 5) is 13.2. The van der Waals surface area contributed by atoms with Crippen LogP contribution in [0.2, 0.25) is 0 Å². The Hall–Kier alpha value is -1.96. The summed E-state index contributed by atoms with van der Waals surface area (Å²) < 4.78 is 5.17. The first-order valence-electron chi connectivity index (χ1n) is 8.14. The number of methoxy groups -OCH3 is 1. The molecule has 2 heterocycles. The van der Waals surface area contributed by atoms with Crippen molar-refractivity contribution in [2.75, 3.05) is 32.5 Å². The fourth-order valence-electron chi connectivity index (χ4n) is 3.08. The molecule has 25 heavy (non-hydrogen) atoms. The van der Waals surface area contributed by atoms with E-state index >= 15 is 0 Å². The molecule has 2 aromatic rings. The number of aromatic nitrogens is 3. The molecule has 0 spiro atoms. The molecule has 3 rings (SSSR count). The van der Waals surface area contributed by atoms with E-state index in [1.807, 2.05) is 24.3 Å². The van der Waals surface area contributed by atoms with E-state index in [0.717, 1.165) is 30.8 Å². The van der Waals surface area contributed by atoms with Crippen LogP contribution in [0.25, 0.3) is 0 Å². The summed E-state index contributed by atoms with van der Waals surface area (Å²) in [6.07, 6.45) is 1.47. The molecule has 0 saturated carbocycles. The first kappa shape index (κ1) is 19.4. The number of aliphatic hydroxyl groups is 1. The Morgan fingerprint density at radius 2 is 2.00 bits per heavy atom. The van der Waals surface area contributed by atoms with Gasteiger partial charge >= 0.3 is 0 Å². The van der Waals surface area contributed by atoms with Crippen LogP contribution in [0.4, 0.5) is 5.95 Å². The number of hydrogen-bond donors (Lipinski definition) is 3. The van der Waals surface area contributed by atoms with Crippen LogP contribution in [-0.4, -0.2) is 46.9 Å². The molecule has 7 nitrogen and oxygen atoms in total. The second kappa shape index (κ2) is 8.94. The number of nitrogens with two attached hydrogens (primary N) is 1. The minimum atomic E-state index is 0. The summed E-state index contributed by atoms with van der Waals surface area (Å²) in [5.74, 6) is 2.60. The number of rotatable bonds is 5. The van der Waals surface area contributed by atoms with Crippen LogP contribution in [0.5, 0.6) is 5.75 Å². The van der Waals surface area contributed by atoms with E-state index in [0.29, 0.717) is 18.1 Å². The molecule has 0 radical (unpaired) electrons. The van der Waals surface area contributed by atoms with Crippen molar-refractivity contribution < 1.29 is 9.84 Å². The molecule has 1 aliphatic rings. The van der Waals surface area contributed by atoms with E-state index in [2.05, 4.69) is 20.3 Å². The number of nitrogens with one attached hydrogen (secondary N) is 1. The molecule has 0 bridgehead atoms. The molecule has 1 saturated heterocycles. The molecule has 2 unspecified atom stereocenters. The largest absolute Gasteiger partial charge is 0.497 e. The third kappa shape index (κ3) is 4.78. The van der Waals surface area contributed by atoms with Gasteiger partial charge in [0.25, 0.3) is 0 Å². The van der Waals surface area contributed by atoms with Crippen molar-refractivity contribution in [3.63, 3.8) is 0 Å². The van der Waals surface area contributed by atoms with Gasteiger partial charge in [-0.2, -0.15) is 9.97 Å². The smallest absolute Gasteiger partial charge is 0.223 e.